The highest BCUT2D eigenvalue weighted by Gasteiger charge is 2.24. The number of nitrogens with zero attached hydrogens (tertiary/aromatic N) is 1. The number of fused-ring (bicyclic) bond motifs is 2. The summed E-state index contributed by atoms with van der Waals surface area (Å²) in [6.07, 6.45) is 5.09. The molecular weight excluding hydrogens is 392 g/mol. The van der Waals surface area contributed by atoms with E-state index < -0.39 is 5.63 Å². The molecule has 6 nitrogen and oxygen atoms in total. The summed E-state index contributed by atoms with van der Waals surface area (Å²) < 4.78 is 11.5. The van der Waals surface area contributed by atoms with Crippen LogP contribution in [0.25, 0.3) is 21.9 Å². The molecule has 1 aromatic carbocycles. The zero-order valence-electron chi connectivity index (χ0n) is 18.5. The van der Waals surface area contributed by atoms with Crippen LogP contribution in [0.3, 0.4) is 0 Å². The van der Waals surface area contributed by atoms with Gasteiger partial charge in [0.25, 0.3) is 0 Å². The van der Waals surface area contributed by atoms with Crippen LogP contribution in [0.5, 0.6) is 0 Å². The molecule has 0 radical (unpaired) electrons. The lowest BCUT2D eigenvalue weighted by Gasteiger charge is -2.17. The van der Waals surface area contributed by atoms with Crippen molar-refractivity contribution in [2.75, 3.05) is 0 Å². The second-order valence-corrected chi connectivity index (χ2v) is 8.96. The zero-order valence-corrected chi connectivity index (χ0v) is 18.5. The Hall–Kier alpha value is -3.41. The molecule has 1 amide bonds. The Labute approximate surface area is 180 Å². The van der Waals surface area contributed by atoms with Crippen LogP contribution >= 0.6 is 0 Å². The highest BCUT2D eigenvalue weighted by atomic mass is 16.4. The van der Waals surface area contributed by atoms with Crippen molar-refractivity contribution in [2.45, 2.75) is 53.0 Å². The maximum atomic E-state index is 12.7. The lowest BCUT2D eigenvalue weighted by atomic mass is 9.86. The van der Waals surface area contributed by atoms with Gasteiger partial charge in [-0.2, -0.15) is 0 Å². The van der Waals surface area contributed by atoms with E-state index in [0.29, 0.717) is 17.7 Å². The van der Waals surface area contributed by atoms with Gasteiger partial charge < -0.3 is 14.2 Å². The van der Waals surface area contributed by atoms with E-state index in [9.17, 15) is 9.59 Å². The Morgan fingerprint density at radius 1 is 1.06 bits per heavy atom. The first kappa shape index (κ1) is 20.8. The summed E-state index contributed by atoms with van der Waals surface area (Å²) >= 11 is 0. The van der Waals surface area contributed by atoms with Gasteiger partial charge in [0, 0.05) is 40.8 Å². The number of aromatic nitrogens is 1. The van der Waals surface area contributed by atoms with E-state index in [1.807, 2.05) is 32.0 Å². The molecule has 0 saturated carbocycles. The van der Waals surface area contributed by atoms with Crippen LogP contribution in [0.2, 0.25) is 0 Å². The van der Waals surface area contributed by atoms with E-state index >= 15 is 0 Å². The number of carbonyl (C=O) groups is 1. The van der Waals surface area contributed by atoms with Crippen LogP contribution in [-0.4, -0.2) is 10.9 Å². The zero-order chi connectivity index (χ0) is 22.3. The van der Waals surface area contributed by atoms with Crippen molar-refractivity contribution in [3.63, 3.8) is 0 Å². The fraction of sp³-hybridized carbons (Fsp3) is 0.320. The summed E-state index contributed by atoms with van der Waals surface area (Å²) in [4.78, 5) is 29.2. The number of hydrogen-bond donors (Lipinski definition) is 1. The van der Waals surface area contributed by atoms with Crippen molar-refractivity contribution in [3.05, 3.63) is 75.1 Å². The Morgan fingerprint density at radius 2 is 1.77 bits per heavy atom. The van der Waals surface area contributed by atoms with Gasteiger partial charge in [0.15, 0.2) is 0 Å². The molecule has 6 heteroatoms. The summed E-state index contributed by atoms with van der Waals surface area (Å²) in [5.74, 6) is -0.233. The molecule has 4 aromatic rings. The highest BCUT2D eigenvalue weighted by Crippen LogP contribution is 2.37. The Kier molecular flexibility index (Phi) is 5.17. The van der Waals surface area contributed by atoms with Crippen LogP contribution in [0.15, 0.2) is 50.5 Å². The molecule has 0 aliphatic carbocycles. The monoisotopic (exact) mass is 418 g/mol. The third-order valence-corrected chi connectivity index (χ3v) is 5.73. The van der Waals surface area contributed by atoms with E-state index in [4.69, 9.17) is 8.83 Å². The second-order valence-electron chi connectivity index (χ2n) is 8.96. The number of aryl methyl sites for hydroxylation is 2. The molecule has 1 N–H and O–H groups in total. The van der Waals surface area contributed by atoms with Gasteiger partial charge in [-0.05, 0) is 48.6 Å². The van der Waals surface area contributed by atoms with Crippen molar-refractivity contribution < 1.29 is 13.6 Å². The summed E-state index contributed by atoms with van der Waals surface area (Å²) in [6.45, 7) is 10.5. The fourth-order valence-electron chi connectivity index (χ4n) is 3.91. The minimum Gasteiger partial charge on any atom is -0.464 e. The van der Waals surface area contributed by atoms with Gasteiger partial charge in [-0.1, -0.05) is 20.8 Å². The van der Waals surface area contributed by atoms with E-state index in [0.717, 1.165) is 38.6 Å². The fourth-order valence-corrected chi connectivity index (χ4v) is 3.91. The van der Waals surface area contributed by atoms with Crippen LogP contribution in [0.4, 0.5) is 0 Å². The number of nitrogens with one attached hydrogen (secondary N) is 1. The average molecular weight is 418 g/mol. The van der Waals surface area contributed by atoms with Crippen LogP contribution in [0, 0.1) is 13.8 Å². The van der Waals surface area contributed by atoms with Crippen LogP contribution < -0.4 is 10.9 Å². The van der Waals surface area contributed by atoms with Crippen molar-refractivity contribution in [1.82, 2.24) is 10.3 Å². The van der Waals surface area contributed by atoms with E-state index in [-0.39, 0.29) is 17.7 Å². The SMILES string of the molecule is Cc1c(CC(=O)NCc2ccncc2)c(=O)oc2c(C)c3occ(C(C)(C)C)c3cc12. The number of furan rings is 1. The average Bonchev–Trinajstić information content (AvgIpc) is 3.16. The number of carbonyl (C=O) groups excluding carboxylic acids is 1. The summed E-state index contributed by atoms with van der Waals surface area (Å²) in [5.41, 5.74) is 4.60. The van der Waals surface area contributed by atoms with Crippen LogP contribution in [0.1, 0.15) is 48.6 Å². The Morgan fingerprint density at radius 3 is 2.45 bits per heavy atom. The summed E-state index contributed by atoms with van der Waals surface area (Å²) in [5, 5.41) is 4.68. The molecule has 0 fully saturated rings. The molecule has 31 heavy (non-hydrogen) atoms. The maximum absolute atomic E-state index is 12.7. The first-order valence-electron chi connectivity index (χ1n) is 10.3. The first-order valence-corrected chi connectivity index (χ1v) is 10.3. The van der Waals surface area contributed by atoms with Crippen molar-refractivity contribution in [3.8, 4) is 0 Å². The Bertz CT molecular complexity index is 1340. The molecule has 3 heterocycles. The third kappa shape index (κ3) is 3.85. The second kappa shape index (κ2) is 7.69. The van der Waals surface area contributed by atoms with Crippen molar-refractivity contribution in [1.29, 1.82) is 0 Å². The molecule has 3 aromatic heterocycles. The normalized spacial score (nSPS) is 11.9. The molecule has 160 valence electrons. The van der Waals surface area contributed by atoms with Gasteiger partial charge >= 0.3 is 5.63 Å². The maximum Gasteiger partial charge on any atom is 0.340 e. The molecule has 0 aliphatic rings. The van der Waals surface area contributed by atoms with Crippen molar-refractivity contribution in [2.24, 2.45) is 0 Å². The van der Waals surface area contributed by atoms with Gasteiger partial charge in [-0.15, -0.1) is 0 Å². The molecule has 0 saturated heterocycles. The highest BCUT2D eigenvalue weighted by molar-refractivity contribution is 6.00. The van der Waals surface area contributed by atoms with E-state index in [1.165, 1.54) is 0 Å². The number of hydrogen-bond acceptors (Lipinski definition) is 5. The van der Waals surface area contributed by atoms with E-state index in [2.05, 4.69) is 31.1 Å². The molecule has 4 rings (SSSR count). The summed E-state index contributed by atoms with van der Waals surface area (Å²) in [7, 11) is 0. The van der Waals surface area contributed by atoms with Gasteiger partial charge in [-0.3, -0.25) is 9.78 Å². The quantitative estimate of drug-likeness (QED) is 0.485. The predicted molar refractivity (Wildman–Crippen MR) is 120 cm³/mol. The molecule has 0 spiro atoms. The topological polar surface area (TPSA) is 85.3 Å². The van der Waals surface area contributed by atoms with Gasteiger partial charge in [0.1, 0.15) is 11.2 Å². The number of pyridine rings is 1. The molecule has 0 atom stereocenters. The number of benzene rings is 1. The van der Waals surface area contributed by atoms with Gasteiger partial charge in [0.05, 0.1) is 18.2 Å². The lowest BCUT2D eigenvalue weighted by Crippen LogP contribution is -2.27. The van der Waals surface area contributed by atoms with Gasteiger partial charge in [0.2, 0.25) is 5.91 Å². The van der Waals surface area contributed by atoms with Crippen molar-refractivity contribution >= 4 is 27.8 Å². The molecule has 0 bridgehead atoms. The molecular formula is C25H26N2O4. The minimum atomic E-state index is -0.492. The minimum absolute atomic E-state index is 0.0379. The Balaban J connectivity index is 1.73. The largest absolute Gasteiger partial charge is 0.464 e. The predicted octanol–water partition coefficient (Wildman–Crippen LogP) is 4.71. The number of rotatable bonds is 4. The van der Waals surface area contributed by atoms with Gasteiger partial charge in [-0.25, -0.2) is 4.79 Å². The standard InChI is InChI=1S/C25H26N2O4/c1-14-17-10-19-20(25(3,4)5)13-30-22(19)15(2)23(17)31-24(29)18(14)11-21(28)27-12-16-6-8-26-9-7-16/h6-10,13H,11-12H2,1-5H3,(H,27,28). The smallest absolute Gasteiger partial charge is 0.340 e. The molecule has 0 aliphatic heterocycles. The van der Waals surface area contributed by atoms with E-state index in [1.54, 1.807) is 18.7 Å². The summed E-state index contributed by atoms with van der Waals surface area (Å²) in [6, 6.07) is 5.68. The third-order valence-electron chi connectivity index (χ3n) is 5.73. The molecule has 0 unspecified atom stereocenters. The lowest BCUT2D eigenvalue weighted by molar-refractivity contribution is -0.120. The van der Waals surface area contributed by atoms with Crippen LogP contribution in [-0.2, 0) is 23.2 Å². The first-order chi connectivity index (χ1) is 14.7. The number of amides is 1.